The van der Waals surface area contributed by atoms with Gasteiger partial charge in [0.25, 0.3) is 0 Å². The van der Waals surface area contributed by atoms with Gasteiger partial charge in [-0.15, -0.1) is 0 Å². The van der Waals surface area contributed by atoms with Gasteiger partial charge < -0.3 is 15.6 Å². The van der Waals surface area contributed by atoms with Crippen molar-refractivity contribution in [2.45, 2.75) is 57.9 Å². The van der Waals surface area contributed by atoms with Crippen LogP contribution >= 0.6 is 0 Å². The molecule has 0 spiro atoms. The summed E-state index contributed by atoms with van der Waals surface area (Å²) >= 11 is 0. The van der Waals surface area contributed by atoms with Gasteiger partial charge in [0, 0.05) is 12.5 Å². The molecule has 1 rings (SSSR count). The Morgan fingerprint density at radius 3 is 2.62 bits per heavy atom. The van der Waals surface area contributed by atoms with E-state index in [1.807, 2.05) is 0 Å². The summed E-state index contributed by atoms with van der Waals surface area (Å²) in [6.07, 6.45) is 6.91. The Labute approximate surface area is 142 Å². The summed E-state index contributed by atoms with van der Waals surface area (Å²) in [6, 6.07) is 3.42. The van der Waals surface area contributed by atoms with Gasteiger partial charge in [-0.1, -0.05) is 45.1 Å². The minimum atomic E-state index is -0.659. The summed E-state index contributed by atoms with van der Waals surface area (Å²) in [5, 5.41) is 20.2. The molecule has 4 N–H and O–H groups in total. The van der Waals surface area contributed by atoms with Gasteiger partial charge in [-0.3, -0.25) is 10.1 Å². The zero-order valence-electron chi connectivity index (χ0n) is 14.2. The first-order valence-corrected chi connectivity index (χ1v) is 8.41. The fourth-order valence-electron chi connectivity index (χ4n) is 2.38. The van der Waals surface area contributed by atoms with Gasteiger partial charge in [-0.05, 0) is 18.1 Å². The first-order valence-electron chi connectivity index (χ1n) is 8.41. The molecule has 7 heteroatoms. The number of hydrogen-bond donors (Lipinski definition) is 2. The Hall–Kier alpha value is -2.15. The van der Waals surface area contributed by atoms with Crippen LogP contribution in [0.15, 0.2) is 18.2 Å². The predicted molar refractivity (Wildman–Crippen MR) is 89.5 cm³/mol. The predicted octanol–water partition coefficient (Wildman–Crippen LogP) is 2.36. The second-order valence-electron chi connectivity index (χ2n) is 5.92. The van der Waals surface area contributed by atoms with E-state index in [1.165, 1.54) is 31.4 Å². The maximum atomic E-state index is 11.9. The molecule has 24 heavy (non-hydrogen) atoms. The number of nitro benzene ring substituents is 1. The molecule has 0 heterocycles. The van der Waals surface area contributed by atoms with Crippen molar-refractivity contribution in [3.8, 4) is 5.75 Å². The molecule has 0 radical (unpaired) electrons. The van der Waals surface area contributed by atoms with Gasteiger partial charge in [0.15, 0.2) is 11.8 Å². The van der Waals surface area contributed by atoms with Crippen LogP contribution in [0.3, 0.4) is 0 Å². The topological polar surface area (TPSA) is 117 Å². The number of ether oxygens (including phenoxy) is 1. The summed E-state index contributed by atoms with van der Waals surface area (Å²) in [5.41, 5.74) is 3.95. The number of rotatable bonds is 11. The molecule has 0 aliphatic rings. The van der Waals surface area contributed by atoms with E-state index in [4.69, 9.17) is 4.74 Å². The average molecular weight is 339 g/mol. The number of quaternary nitrogens is 1. The van der Waals surface area contributed by atoms with Gasteiger partial charge in [-0.25, -0.2) is 4.79 Å². The Bertz CT molecular complexity index is 548. The molecule has 1 unspecified atom stereocenters. The maximum absolute atomic E-state index is 11.9. The number of unbranched alkanes of at least 4 members (excludes halogenated alkanes) is 5. The molecule has 0 bridgehead atoms. The lowest BCUT2D eigenvalue weighted by molar-refractivity contribution is -0.408. The van der Waals surface area contributed by atoms with E-state index in [2.05, 4.69) is 12.7 Å². The van der Waals surface area contributed by atoms with Crippen molar-refractivity contribution in [3.63, 3.8) is 0 Å². The van der Waals surface area contributed by atoms with Crippen LogP contribution in [0.25, 0.3) is 0 Å². The van der Waals surface area contributed by atoms with E-state index in [0.717, 1.165) is 19.3 Å². The molecule has 1 aromatic carbocycles. The van der Waals surface area contributed by atoms with Gasteiger partial charge in [0.05, 0.1) is 11.5 Å². The molecule has 0 fully saturated rings. The third-order valence-electron chi connectivity index (χ3n) is 3.79. The summed E-state index contributed by atoms with van der Waals surface area (Å²) in [6.45, 7) is 2.55. The van der Waals surface area contributed by atoms with Crippen LogP contribution in [-0.2, 0) is 16.0 Å². The maximum Gasteiger partial charge on any atom is 0.365 e. The van der Waals surface area contributed by atoms with Crippen molar-refractivity contribution < 1.29 is 25.3 Å². The number of esters is 1. The van der Waals surface area contributed by atoms with E-state index < -0.39 is 22.7 Å². The number of carbonyl (C=O) groups is 1. The third kappa shape index (κ3) is 6.95. The molecular weight excluding hydrogens is 312 g/mol. The second-order valence-corrected chi connectivity index (χ2v) is 5.92. The van der Waals surface area contributed by atoms with Crippen LogP contribution < -0.4 is 5.73 Å². The smallest absolute Gasteiger partial charge is 0.365 e. The lowest BCUT2D eigenvalue weighted by Gasteiger charge is -2.09. The van der Waals surface area contributed by atoms with Crippen LogP contribution in [0.2, 0.25) is 0 Å². The van der Waals surface area contributed by atoms with Crippen molar-refractivity contribution in [1.29, 1.82) is 0 Å². The highest BCUT2D eigenvalue weighted by Gasteiger charge is 2.21. The Balaban J connectivity index is 2.36. The monoisotopic (exact) mass is 339 g/mol. The summed E-state index contributed by atoms with van der Waals surface area (Å²) in [5.74, 6) is -0.797. The SMILES string of the molecule is CCCCCCCCOC(=O)C([NH3+])Cc1ccc(O)c([N+](=O)[O-])c1. The standard InChI is InChI=1S/C17H26N2O5/c1-2-3-4-5-6-7-10-24-17(21)14(18)11-13-8-9-16(20)15(12-13)19(22)23/h8-9,12,14,20H,2-7,10-11,18H2,1H3/p+1. The Kier molecular flexibility index (Phi) is 8.78. The summed E-state index contributed by atoms with van der Waals surface area (Å²) < 4.78 is 5.20. The highest BCUT2D eigenvalue weighted by atomic mass is 16.6. The van der Waals surface area contributed by atoms with Crippen molar-refractivity contribution >= 4 is 11.7 Å². The molecule has 0 saturated heterocycles. The second kappa shape index (κ2) is 10.6. The van der Waals surface area contributed by atoms with E-state index >= 15 is 0 Å². The van der Waals surface area contributed by atoms with Crippen molar-refractivity contribution in [3.05, 3.63) is 33.9 Å². The summed E-state index contributed by atoms with van der Waals surface area (Å²) in [7, 11) is 0. The number of phenolic OH excluding ortho intramolecular Hbond substituents is 1. The zero-order chi connectivity index (χ0) is 17.9. The van der Waals surface area contributed by atoms with Crippen LogP contribution in [0, 0.1) is 10.1 Å². The molecule has 1 aromatic rings. The molecular formula is C17H27N2O5+. The molecule has 0 aliphatic carbocycles. The lowest BCUT2D eigenvalue weighted by Crippen LogP contribution is -2.66. The molecule has 0 amide bonds. The minimum Gasteiger partial charge on any atom is -0.502 e. The van der Waals surface area contributed by atoms with Gasteiger partial charge >= 0.3 is 11.7 Å². The number of carbonyl (C=O) groups excluding carboxylic acids is 1. The van der Waals surface area contributed by atoms with Gasteiger partial charge in [0.1, 0.15) is 0 Å². The number of hydrogen-bond acceptors (Lipinski definition) is 5. The highest BCUT2D eigenvalue weighted by Crippen LogP contribution is 2.26. The Morgan fingerprint density at radius 2 is 1.96 bits per heavy atom. The zero-order valence-corrected chi connectivity index (χ0v) is 14.2. The normalized spacial score (nSPS) is 11.9. The third-order valence-corrected chi connectivity index (χ3v) is 3.79. The van der Waals surface area contributed by atoms with Gasteiger partial charge in [0.2, 0.25) is 0 Å². The minimum absolute atomic E-state index is 0.233. The van der Waals surface area contributed by atoms with E-state index in [9.17, 15) is 20.0 Å². The molecule has 0 saturated carbocycles. The number of phenols is 1. The first kappa shape index (κ1) is 19.9. The van der Waals surface area contributed by atoms with Crippen molar-refractivity contribution in [2.24, 2.45) is 0 Å². The first-order chi connectivity index (χ1) is 11.5. The van der Waals surface area contributed by atoms with Crippen LogP contribution in [0.4, 0.5) is 5.69 Å². The lowest BCUT2D eigenvalue weighted by atomic mass is 10.1. The molecule has 134 valence electrons. The van der Waals surface area contributed by atoms with Crippen LogP contribution in [0.1, 0.15) is 51.0 Å². The highest BCUT2D eigenvalue weighted by molar-refractivity contribution is 5.74. The van der Waals surface area contributed by atoms with Crippen LogP contribution in [0.5, 0.6) is 5.75 Å². The largest absolute Gasteiger partial charge is 0.502 e. The molecule has 1 atom stereocenters. The van der Waals surface area contributed by atoms with Crippen LogP contribution in [-0.4, -0.2) is 28.6 Å². The van der Waals surface area contributed by atoms with E-state index in [1.54, 1.807) is 6.07 Å². The van der Waals surface area contributed by atoms with E-state index in [-0.39, 0.29) is 12.1 Å². The number of aromatic hydroxyl groups is 1. The Morgan fingerprint density at radius 1 is 1.29 bits per heavy atom. The number of nitro groups is 1. The van der Waals surface area contributed by atoms with E-state index in [0.29, 0.717) is 12.2 Å². The quantitative estimate of drug-likeness (QED) is 0.278. The fourth-order valence-corrected chi connectivity index (χ4v) is 2.38. The summed E-state index contributed by atoms with van der Waals surface area (Å²) in [4.78, 5) is 22.0. The number of nitrogens with zero attached hydrogens (tertiary/aromatic N) is 1. The van der Waals surface area contributed by atoms with Gasteiger partial charge in [-0.2, -0.15) is 0 Å². The number of benzene rings is 1. The fraction of sp³-hybridized carbons (Fsp3) is 0.588. The average Bonchev–Trinajstić information content (AvgIpc) is 2.55. The molecule has 0 aliphatic heterocycles. The molecule has 7 nitrogen and oxygen atoms in total. The van der Waals surface area contributed by atoms with Crippen molar-refractivity contribution in [1.82, 2.24) is 0 Å². The van der Waals surface area contributed by atoms with Crippen molar-refractivity contribution in [2.75, 3.05) is 6.61 Å². The molecule has 0 aromatic heterocycles.